The molecular formula is C14H31NO3. The van der Waals surface area contributed by atoms with Gasteiger partial charge in [-0.3, -0.25) is 4.90 Å². The number of nitrogens with zero attached hydrogens (tertiary/aromatic N) is 1. The van der Waals surface area contributed by atoms with Crippen LogP contribution in [0.15, 0.2) is 0 Å². The lowest BCUT2D eigenvalue weighted by Gasteiger charge is -2.27. The summed E-state index contributed by atoms with van der Waals surface area (Å²) in [6, 6.07) is 0.926. The zero-order chi connectivity index (χ0) is 14.6. The molecule has 18 heavy (non-hydrogen) atoms. The van der Waals surface area contributed by atoms with Crippen LogP contribution < -0.4 is 0 Å². The number of ether oxygens (including phenoxy) is 2. The van der Waals surface area contributed by atoms with Gasteiger partial charge in [-0.15, -0.1) is 0 Å². The monoisotopic (exact) mass is 261 g/mol. The SMILES string of the molecule is CC(C)N(CC=O)C(C)C.CCOC(C)OCC. The van der Waals surface area contributed by atoms with Crippen LogP contribution in [0.4, 0.5) is 0 Å². The molecule has 0 radical (unpaired) electrons. The third-order valence-electron chi connectivity index (χ3n) is 2.41. The smallest absolute Gasteiger partial charge is 0.154 e. The van der Waals surface area contributed by atoms with E-state index < -0.39 is 0 Å². The van der Waals surface area contributed by atoms with Crippen molar-refractivity contribution in [2.75, 3.05) is 19.8 Å². The van der Waals surface area contributed by atoms with Crippen LogP contribution in [0, 0.1) is 0 Å². The second-order valence-corrected chi connectivity index (χ2v) is 4.53. The first kappa shape index (κ1) is 19.9. The average molecular weight is 261 g/mol. The second-order valence-electron chi connectivity index (χ2n) is 4.53. The molecule has 0 aromatic carbocycles. The van der Waals surface area contributed by atoms with Gasteiger partial charge in [0.05, 0.1) is 6.54 Å². The number of hydrogen-bond acceptors (Lipinski definition) is 4. The van der Waals surface area contributed by atoms with E-state index in [4.69, 9.17) is 9.47 Å². The molecule has 0 aliphatic heterocycles. The van der Waals surface area contributed by atoms with Crippen molar-refractivity contribution in [3.05, 3.63) is 0 Å². The molecule has 0 aromatic rings. The normalized spacial score (nSPS) is 11.1. The maximum atomic E-state index is 10.2. The molecule has 0 unspecified atom stereocenters. The first-order valence-electron chi connectivity index (χ1n) is 6.83. The minimum absolute atomic E-state index is 0.0370. The Kier molecular flexibility index (Phi) is 14.3. The van der Waals surface area contributed by atoms with E-state index >= 15 is 0 Å². The predicted octanol–water partition coefficient (Wildman–Crippen LogP) is 2.71. The van der Waals surface area contributed by atoms with Crippen LogP contribution in [0.1, 0.15) is 48.5 Å². The van der Waals surface area contributed by atoms with E-state index in [2.05, 4.69) is 32.6 Å². The summed E-state index contributed by atoms with van der Waals surface area (Å²) >= 11 is 0. The Morgan fingerprint density at radius 3 is 1.50 bits per heavy atom. The quantitative estimate of drug-likeness (QED) is 0.497. The van der Waals surface area contributed by atoms with Crippen LogP contribution in [-0.2, 0) is 14.3 Å². The van der Waals surface area contributed by atoms with Gasteiger partial charge in [-0.25, -0.2) is 0 Å². The van der Waals surface area contributed by atoms with Gasteiger partial charge in [-0.05, 0) is 48.5 Å². The van der Waals surface area contributed by atoms with E-state index in [9.17, 15) is 4.79 Å². The molecule has 0 rings (SSSR count). The highest BCUT2D eigenvalue weighted by Crippen LogP contribution is 2.02. The van der Waals surface area contributed by atoms with Crippen LogP contribution in [0.5, 0.6) is 0 Å². The topological polar surface area (TPSA) is 38.8 Å². The van der Waals surface area contributed by atoms with Crippen molar-refractivity contribution in [1.82, 2.24) is 4.90 Å². The van der Waals surface area contributed by atoms with Crippen molar-refractivity contribution in [3.63, 3.8) is 0 Å². The van der Waals surface area contributed by atoms with Crippen LogP contribution in [0.2, 0.25) is 0 Å². The van der Waals surface area contributed by atoms with E-state index in [0.717, 1.165) is 19.5 Å². The molecule has 4 nitrogen and oxygen atoms in total. The third-order valence-corrected chi connectivity index (χ3v) is 2.41. The van der Waals surface area contributed by atoms with Crippen molar-refractivity contribution in [2.24, 2.45) is 0 Å². The Bertz CT molecular complexity index is 170. The lowest BCUT2D eigenvalue weighted by atomic mass is 10.2. The lowest BCUT2D eigenvalue weighted by Crippen LogP contribution is -2.38. The Balaban J connectivity index is 0. The van der Waals surface area contributed by atoms with Gasteiger partial charge in [0, 0.05) is 25.3 Å². The van der Waals surface area contributed by atoms with Crippen LogP contribution in [0.25, 0.3) is 0 Å². The summed E-state index contributed by atoms with van der Waals surface area (Å²) in [4.78, 5) is 12.3. The molecule has 0 aliphatic rings. The Morgan fingerprint density at radius 2 is 1.33 bits per heavy atom. The fourth-order valence-corrected chi connectivity index (χ4v) is 1.62. The van der Waals surface area contributed by atoms with Gasteiger partial charge in [0.25, 0.3) is 0 Å². The molecule has 110 valence electrons. The standard InChI is InChI=1S/C8H17NO.C6H14O2/c1-7(2)9(5-6-10)8(3)4;1-4-7-6(3)8-5-2/h6-8H,5H2,1-4H3;6H,4-5H2,1-3H3. The highest BCUT2D eigenvalue weighted by molar-refractivity contribution is 5.52. The van der Waals surface area contributed by atoms with Gasteiger partial charge in [0.2, 0.25) is 0 Å². The molecule has 0 fully saturated rings. The number of hydrogen-bond donors (Lipinski definition) is 0. The molecule has 0 aliphatic carbocycles. The van der Waals surface area contributed by atoms with Gasteiger partial charge in [-0.2, -0.15) is 0 Å². The minimum Gasteiger partial charge on any atom is -0.353 e. The fourth-order valence-electron chi connectivity index (χ4n) is 1.62. The van der Waals surface area contributed by atoms with Crippen LogP contribution in [0.3, 0.4) is 0 Å². The van der Waals surface area contributed by atoms with E-state index in [1.165, 1.54) is 0 Å². The summed E-state index contributed by atoms with van der Waals surface area (Å²) < 4.78 is 10.1. The van der Waals surface area contributed by atoms with Gasteiger partial charge in [-0.1, -0.05) is 0 Å². The van der Waals surface area contributed by atoms with Gasteiger partial charge in [0.15, 0.2) is 6.29 Å². The summed E-state index contributed by atoms with van der Waals surface area (Å²) in [6.45, 7) is 16.2. The zero-order valence-electron chi connectivity index (χ0n) is 13.1. The second kappa shape index (κ2) is 13.0. The Morgan fingerprint density at radius 1 is 0.944 bits per heavy atom. The molecule has 0 amide bonds. The number of carbonyl (C=O) groups excluding carboxylic acids is 1. The zero-order valence-corrected chi connectivity index (χ0v) is 13.1. The molecule has 0 atom stereocenters. The van der Waals surface area contributed by atoms with Crippen LogP contribution in [-0.4, -0.2) is 49.3 Å². The molecule has 0 N–H and O–H groups in total. The first-order chi connectivity index (χ1) is 8.40. The molecule has 0 bridgehead atoms. The summed E-state index contributed by atoms with van der Waals surface area (Å²) in [5.74, 6) is 0. The Labute approximate surface area is 113 Å². The van der Waals surface area contributed by atoms with Gasteiger partial charge in [0.1, 0.15) is 6.29 Å². The maximum Gasteiger partial charge on any atom is 0.154 e. The number of carbonyl (C=O) groups is 1. The maximum absolute atomic E-state index is 10.2. The number of aldehydes is 1. The molecule has 0 spiro atoms. The van der Waals surface area contributed by atoms with E-state index in [0.29, 0.717) is 18.6 Å². The van der Waals surface area contributed by atoms with E-state index in [1.54, 1.807) is 0 Å². The summed E-state index contributed by atoms with van der Waals surface area (Å²) in [5, 5.41) is 0. The molecular weight excluding hydrogens is 230 g/mol. The van der Waals surface area contributed by atoms with Gasteiger partial charge >= 0.3 is 0 Å². The minimum atomic E-state index is -0.0370. The molecule has 4 heteroatoms. The van der Waals surface area contributed by atoms with Crippen molar-refractivity contribution in [1.29, 1.82) is 0 Å². The predicted molar refractivity (Wildman–Crippen MR) is 75.8 cm³/mol. The molecule has 0 aromatic heterocycles. The largest absolute Gasteiger partial charge is 0.353 e. The molecule has 0 heterocycles. The van der Waals surface area contributed by atoms with Crippen molar-refractivity contribution < 1.29 is 14.3 Å². The van der Waals surface area contributed by atoms with E-state index in [1.807, 2.05) is 20.8 Å². The lowest BCUT2D eigenvalue weighted by molar-refractivity contribution is -0.123. The Hall–Kier alpha value is -0.450. The van der Waals surface area contributed by atoms with Crippen molar-refractivity contribution in [2.45, 2.75) is 66.8 Å². The molecule has 0 saturated heterocycles. The van der Waals surface area contributed by atoms with Crippen LogP contribution >= 0.6 is 0 Å². The fraction of sp³-hybridized carbons (Fsp3) is 0.929. The highest BCUT2D eigenvalue weighted by atomic mass is 16.7. The van der Waals surface area contributed by atoms with Gasteiger partial charge < -0.3 is 14.3 Å². The summed E-state index contributed by atoms with van der Waals surface area (Å²) in [6.07, 6.45) is 0.921. The van der Waals surface area contributed by atoms with E-state index in [-0.39, 0.29) is 6.29 Å². The van der Waals surface area contributed by atoms with Crippen molar-refractivity contribution in [3.8, 4) is 0 Å². The summed E-state index contributed by atoms with van der Waals surface area (Å²) in [5.41, 5.74) is 0. The molecule has 0 saturated carbocycles. The first-order valence-corrected chi connectivity index (χ1v) is 6.83. The third kappa shape index (κ3) is 12.0. The van der Waals surface area contributed by atoms with Crippen molar-refractivity contribution >= 4 is 6.29 Å². The number of rotatable bonds is 8. The highest BCUT2D eigenvalue weighted by Gasteiger charge is 2.11. The summed E-state index contributed by atoms with van der Waals surface area (Å²) in [7, 11) is 0. The average Bonchev–Trinajstić information content (AvgIpc) is 2.26.